The zero-order valence-electron chi connectivity index (χ0n) is 14.5. The van der Waals surface area contributed by atoms with E-state index in [4.69, 9.17) is 0 Å². The van der Waals surface area contributed by atoms with E-state index >= 15 is 0 Å². The average molecular weight is 346 g/mol. The molecule has 1 heterocycles. The molecule has 1 aliphatic heterocycles. The van der Waals surface area contributed by atoms with Crippen molar-refractivity contribution in [2.45, 2.75) is 52.1 Å². The molecule has 24 heavy (non-hydrogen) atoms. The Hall–Kier alpha value is -1.14. The summed E-state index contributed by atoms with van der Waals surface area (Å²) in [6.07, 6.45) is -0.838. The van der Waals surface area contributed by atoms with Crippen LogP contribution in [0, 0.1) is 17.0 Å². The molecule has 2 rings (SSSR count). The Morgan fingerprint density at radius 1 is 1.17 bits per heavy atom. The zero-order valence-corrected chi connectivity index (χ0v) is 14.5. The zero-order chi connectivity index (χ0) is 17.9. The maximum absolute atomic E-state index is 14.2. The summed E-state index contributed by atoms with van der Waals surface area (Å²) in [6, 6.07) is 3.52. The third-order valence-corrected chi connectivity index (χ3v) is 4.53. The van der Waals surface area contributed by atoms with Gasteiger partial charge < -0.3 is 5.32 Å². The normalized spacial score (nSPS) is 19.0. The van der Waals surface area contributed by atoms with Crippen LogP contribution in [0.1, 0.15) is 45.2 Å². The Morgan fingerprint density at radius 3 is 2.29 bits per heavy atom. The smallest absolute Gasteiger partial charge is 0.251 e. The number of alkyl halides is 2. The third kappa shape index (κ3) is 5.18. The van der Waals surface area contributed by atoms with Crippen LogP contribution in [-0.2, 0) is 0 Å². The van der Waals surface area contributed by atoms with E-state index in [1.54, 1.807) is 4.90 Å². The van der Waals surface area contributed by atoms with E-state index in [1.807, 2.05) is 20.8 Å². The maximum Gasteiger partial charge on any atom is 0.251 e. The summed E-state index contributed by atoms with van der Waals surface area (Å²) in [6.45, 7) is 7.01. The molecule has 0 bridgehead atoms. The van der Waals surface area contributed by atoms with Crippen LogP contribution in [0.4, 0.5) is 17.6 Å². The van der Waals surface area contributed by atoms with Crippen molar-refractivity contribution in [1.82, 2.24) is 10.2 Å². The Bertz CT molecular complexity index is 534. The van der Waals surface area contributed by atoms with Crippen LogP contribution in [0.25, 0.3) is 0 Å². The van der Waals surface area contributed by atoms with Crippen molar-refractivity contribution in [3.63, 3.8) is 0 Å². The molecule has 1 atom stereocenters. The first-order valence-corrected chi connectivity index (χ1v) is 8.38. The monoisotopic (exact) mass is 346 g/mol. The quantitative estimate of drug-likeness (QED) is 0.797. The van der Waals surface area contributed by atoms with Gasteiger partial charge in [0.25, 0.3) is 6.43 Å². The van der Waals surface area contributed by atoms with Crippen molar-refractivity contribution < 1.29 is 17.6 Å². The molecular formula is C18H26F4N2. The van der Waals surface area contributed by atoms with Crippen molar-refractivity contribution in [2.24, 2.45) is 5.41 Å². The summed E-state index contributed by atoms with van der Waals surface area (Å²) in [5.41, 5.74) is 0.178. The fourth-order valence-electron chi connectivity index (χ4n) is 3.25. The second-order valence-corrected chi connectivity index (χ2v) is 7.60. The minimum Gasteiger partial charge on any atom is -0.306 e. The molecule has 1 unspecified atom stereocenters. The number of hydrogen-bond donors (Lipinski definition) is 1. The van der Waals surface area contributed by atoms with Crippen molar-refractivity contribution in [2.75, 3.05) is 19.6 Å². The number of halogens is 4. The molecule has 0 saturated carbocycles. The lowest BCUT2D eigenvalue weighted by Crippen LogP contribution is -2.47. The van der Waals surface area contributed by atoms with Gasteiger partial charge in [0.05, 0.1) is 6.54 Å². The highest BCUT2D eigenvalue weighted by molar-refractivity contribution is 5.24. The second-order valence-electron chi connectivity index (χ2n) is 7.60. The number of rotatable bonds is 5. The van der Waals surface area contributed by atoms with E-state index in [0.29, 0.717) is 18.7 Å². The van der Waals surface area contributed by atoms with Gasteiger partial charge in [-0.3, -0.25) is 4.90 Å². The van der Waals surface area contributed by atoms with Crippen LogP contribution < -0.4 is 5.32 Å². The lowest BCUT2D eigenvalue weighted by molar-refractivity contribution is 0.0697. The van der Waals surface area contributed by atoms with Crippen molar-refractivity contribution >= 4 is 0 Å². The maximum atomic E-state index is 14.2. The van der Waals surface area contributed by atoms with Crippen LogP contribution in [0.15, 0.2) is 18.2 Å². The first-order valence-electron chi connectivity index (χ1n) is 8.38. The molecule has 0 radical (unpaired) electrons. The highest BCUT2D eigenvalue weighted by atomic mass is 19.3. The SMILES string of the molecule is CC(C)(C)C(NC1CCN(CC(F)F)CC1)c1ccc(F)cc1F. The van der Waals surface area contributed by atoms with Crippen molar-refractivity contribution in [1.29, 1.82) is 0 Å². The fraction of sp³-hybridized carbons (Fsp3) is 0.667. The molecule has 6 heteroatoms. The Balaban J connectivity index is 2.06. The van der Waals surface area contributed by atoms with Gasteiger partial charge in [-0.05, 0) is 37.4 Å². The number of piperidine rings is 1. The van der Waals surface area contributed by atoms with Crippen LogP contribution in [0.5, 0.6) is 0 Å². The van der Waals surface area contributed by atoms with Crippen molar-refractivity contribution in [3.8, 4) is 0 Å². The molecule has 0 aromatic heterocycles. The standard InChI is InChI=1S/C18H26F4N2/c1-18(2,3)17(14-5-4-12(19)10-15(14)20)23-13-6-8-24(9-7-13)11-16(21)22/h4-5,10,13,16-17,23H,6-9,11H2,1-3H3. The summed E-state index contributed by atoms with van der Waals surface area (Å²) >= 11 is 0. The minimum atomic E-state index is -2.31. The van der Waals surface area contributed by atoms with E-state index < -0.39 is 18.1 Å². The van der Waals surface area contributed by atoms with E-state index in [-0.39, 0.29) is 24.0 Å². The van der Waals surface area contributed by atoms with Gasteiger partial charge in [0.2, 0.25) is 0 Å². The second kappa shape index (κ2) is 7.83. The van der Waals surface area contributed by atoms with Crippen LogP contribution in [0.3, 0.4) is 0 Å². The van der Waals surface area contributed by atoms with E-state index in [9.17, 15) is 17.6 Å². The van der Waals surface area contributed by atoms with E-state index in [2.05, 4.69) is 5.32 Å². The molecule has 136 valence electrons. The van der Waals surface area contributed by atoms with Gasteiger partial charge in [0.1, 0.15) is 11.6 Å². The van der Waals surface area contributed by atoms with Crippen LogP contribution >= 0.6 is 0 Å². The summed E-state index contributed by atoms with van der Waals surface area (Å²) in [5.74, 6) is -1.15. The van der Waals surface area contributed by atoms with E-state index in [1.165, 1.54) is 12.1 Å². The van der Waals surface area contributed by atoms with Crippen LogP contribution in [0.2, 0.25) is 0 Å². The number of nitrogens with zero attached hydrogens (tertiary/aromatic N) is 1. The Morgan fingerprint density at radius 2 is 1.79 bits per heavy atom. The molecular weight excluding hydrogens is 320 g/mol. The fourth-order valence-corrected chi connectivity index (χ4v) is 3.25. The Kier molecular flexibility index (Phi) is 6.26. The van der Waals surface area contributed by atoms with Gasteiger partial charge in [-0.25, -0.2) is 17.6 Å². The molecule has 1 aromatic carbocycles. The van der Waals surface area contributed by atoms with Crippen molar-refractivity contribution in [3.05, 3.63) is 35.4 Å². The molecule has 1 fully saturated rings. The minimum absolute atomic E-state index is 0.132. The molecule has 1 aromatic rings. The molecule has 1 saturated heterocycles. The lowest BCUT2D eigenvalue weighted by atomic mass is 9.81. The molecule has 1 N–H and O–H groups in total. The summed E-state index contributed by atoms with van der Waals surface area (Å²) in [4.78, 5) is 1.76. The Labute approximate surface area is 141 Å². The molecule has 0 aliphatic carbocycles. The van der Waals surface area contributed by atoms with Gasteiger partial charge >= 0.3 is 0 Å². The van der Waals surface area contributed by atoms with Gasteiger partial charge in [0.15, 0.2) is 0 Å². The third-order valence-electron chi connectivity index (χ3n) is 4.53. The summed E-state index contributed by atoms with van der Waals surface area (Å²) < 4.78 is 52.3. The largest absolute Gasteiger partial charge is 0.306 e. The van der Waals surface area contributed by atoms with E-state index in [0.717, 1.165) is 18.9 Å². The molecule has 0 amide bonds. The van der Waals surface area contributed by atoms with Gasteiger partial charge in [-0.1, -0.05) is 26.8 Å². The number of nitrogens with one attached hydrogen (secondary N) is 1. The molecule has 2 nitrogen and oxygen atoms in total. The predicted molar refractivity (Wildman–Crippen MR) is 87.2 cm³/mol. The van der Waals surface area contributed by atoms with Crippen LogP contribution in [-0.4, -0.2) is 37.0 Å². The average Bonchev–Trinajstić information content (AvgIpc) is 2.45. The number of likely N-dealkylation sites (tertiary alicyclic amines) is 1. The highest BCUT2D eigenvalue weighted by Gasteiger charge is 2.32. The highest BCUT2D eigenvalue weighted by Crippen LogP contribution is 2.35. The topological polar surface area (TPSA) is 15.3 Å². The number of hydrogen-bond acceptors (Lipinski definition) is 2. The first-order chi connectivity index (χ1) is 11.2. The van der Waals surface area contributed by atoms with Gasteiger partial charge in [-0.2, -0.15) is 0 Å². The summed E-state index contributed by atoms with van der Waals surface area (Å²) in [7, 11) is 0. The first kappa shape index (κ1) is 19.2. The molecule has 0 spiro atoms. The lowest BCUT2D eigenvalue weighted by Gasteiger charge is -2.39. The summed E-state index contributed by atoms with van der Waals surface area (Å²) in [5, 5.41) is 3.47. The predicted octanol–water partition coefficient (Wildman–Crippen LogP) is 4.37. The number of benzene rings is 1. The molecule has 1 aliphatic rings. The van der Waals surface area contributed by atoms with Gasteiger partial charge in [-0.15, -0.1) is 0 Å². The van der Waals surface area contributed by atoms with Gasteiger partial charge in [0, 0.05) is 23.7 Å².